The van der Waals surface area contributed by atoms with Crippen LogP contribution < -0.4 is 0 Å². The van der Waals surface area contributed by atoms with Gasteiger partial charge >= 0.3 is 0 Å². The Kier molecular flexibility index (Phi) is 14.6. The summed E-state index contributed by atoms with van der Waals surface area (Å²) in [6.45, 7) is 4.67. The number of rotatable bonds is 3. The Bertz CT molecular complexity index is 44.1. The topological polar surface area (TPSA) is 49.7 Å². The molecule has 0 fully saturated rings. The van der Waals surface area contributed by atoms with E-state index in [9.17, 15) is 0 Å². The fourth-order valence-electron chi connectivity index (χ4n) is 0.204. The van der Waals surface area contributed by atoms with E-state index < -0.39 is 6.29 Å². The molecule has 3 nitrogen and oxygen atoms in total. The minimum absolute atomic E-state index is 0.417. The van der Waals surface area contributed by atoms with Gasteiger partial charge in [-0.05, 0) is 12.8 Å². The van der Waals surface area contributed by atoms with Gasteiger partial charge in [-0.2, -0.15) is 0 Å². The number of ether oxygens (including phenoxy) is 1. The van der Waals surface area contributed by atoms with Crippen LogP contribution in [0.15, 0.2) is 0 Å². The van der Waals surface area contributed by atoms with Gasteiger partial charge in [0.05, 0.1) is 0 Å². The SMILES string of the molecule is CCC(O)O.CCCOC. The van der Waals surface area contributed by atoms with E-state index in [2.05, 4.69) is 6.92 Å². The quantitative estimate of drug-likeness (QED) is 0.584. The van der Waals surface area contributed by atoms with Crippen molar-refractivity contribution in [2.24, 2.45) is 0 Å². The molecule has 10 heavy (non-hydrogen) atoms. The van der Waals surface area contributed by atoms with Crippen molar-refractivity contribution in [1.29, 1.82) is 0 Å². The van der Waals surface area contributed by atoms with Crippen LogP contribution >= 0.6 is 0 Å². The molecule has 64 valence electrons. The summed E-state index contributed by atoms with van der Waals surface area (Å²) in [4.78, 5) is 0. The van der Waals surface area contributed by atoms with Crippen LogP contribution in [-0.4, -0.2) is 30.2 Å². The summed E-state index contributed by atoms with van der Waals surface area (Å²) in [5.41, 5.74) is 0. The van der Waals surface area contributed by atoms with Crippen molar-refractivity contribution in [3.05, 3.63) is 0 Å². The molecular weight excluding hydrogens is 132 g/mol. The summed E-state index contributed by atoms with van der Waals surface area (Å²) in [6.07, 6.45) is 0.422. The van der Waals surface area contributed by atoms with Gasteiger partial charge in [0.2, 0.25) is 0 Å². The monoisotopic (exact) mass is 150 g/mol. The molecule has 0 aromatic heterocycles. The second-order valence-corrected chi connectivity index (χ2v) is 1.88. The van der Waals surface area contributed by atoms with Gasteiger partial charge in [0.1, 0.15) is 0 Å². The third-order valence-corrected chi connectivity index (χ3v) is 0.773. The molecule has 0 radical (unpaired) electrons. The van der Waals surface area contributed by atoms with Crippen molar-refractivity contribution in [3.63, 3.8) is 0 Å². The molecule has 0 aromatic carbocycles. The molecule has 0 bridgehead atoms. The van der Waals surface area contributed by atoms with Gasteiger partial charge in [-0.15, -0.1) is 0 Å². The first-order valence-electron chi connectivity index (χ1n) is 3.54. The Morgan fingerprint density at radius 2 is 1.70 bits per heavy atom. The molecule has 0 aliphatic rings. The van der Waals surface area contributed by atoms with Gasteiger partial charge in [0.25, 0.3) is 0 Å². The van der Waals surface area contributed by atoms with E-state index in [0.717, 1.165) is 13.0 Å². The van der Waals surface area contributed by atoms with E-state index in [0.29, 0.717) is 6.42 Å². The smallest absolute Gasteiger partial charge is 0.151 e. The minimum Gasteiger partial charge on any atom is -0.385 e. The Balaban J connectivity index is 0. The Labute approximate surface area is 62.6 Å². The van der Waals surface area contributed by atoms with Gasteiger partial charge < -0.3 is 14.9 Å². The maximum Gasteiger partial charge on any atom is 0.151 e. The first kappa shape index (κ1) is 12.5. The van der Waals surface area contributed by atoms with E-state index in [1.807, 2.05) is 0 Å². The Morgan fingerprint density at radius 1 is 1.30 bits per heavy atom. The summed E-state index contributed by atoms with van der Waals surface area (Å²) >= 11 is 0. The highest BCUT2D eigenvalue weighted by atomic mass is 16.5. The van der Waals surface area contributed by atoms with Gasteiger partial charge in [-0.1, -0.05) is 13.8 Å². The average Bonchev–Trinajstić information content (AvgIpc) is 1.91. The van der Waals surface area contributed by atoms with Crippen molar-refractivity contribution in [2.75, 3.05) is 13.7 Å². The summed E-state index contributed by atoms with van der Waals surface area (Å²) in [6, 6.07) is 0. The number of hydrogen-bond donors (Lipinski definition) is 2. The van der Waals surface area contributed by atoms with Crippen molar-refractivity contribution in [3.8, 4) is 0 Å². The summed E-state index contributed by atoms with van der Waals surface area (Å²) < 4.78 is 4.69. The molecule has 0 rings (SSSR count). The maximum absolute atomic E-state index is 7.92. The largest absolute Gasteiger partial charge is 0.385 e. The minimum atomic E-state index is -1.12. The lowest BCUT2D eigenvalue weighted by Gasteiger charge is -1.90. The van der Waals surface area contributed by atoms with E-state index in [1.54, 1.807) is 14.0 Å². The Morgan fingerprint density at radius 3 is 1.70 bits per heavy atom. The molecule has 0 aliphatic carbocycles. The summed E-state index contributed by atoms with van der Waals surface area (Å²) in [7, 11) is 1.71. The van der Waals surface area contributed by atoms with Crippen molar-refractivity contribution >= 4 is 0 Å². The molecule has 0 spiro atoms. The molecule has 0 saturated heterocycles. The van der Waals surface area contributed by atoms with Gasteiger partial charge in [-0.25, -0.2) is 0 Å². The van der Waals surface area contributed by atoms with E-state index in [4.69, 9.17) is 14.9 Å². The second-order valence-electron chi connectivity index (χ2n) is 1.88. The highest BCUT2D eigenvalue weighted by Crippen LogP contribution is 1.77. The van der Waals surface area contributed by atoms with E-state index >= 15 is 0 Å². The summed E-state index contributed by atoms with van der Waals surface area (Å²) in [5, 5.41) is 15.8. The lowest BCUT2D eigenvalue weighted by Crippen LogP contribution is -1.99. The standard InChI is InChI=1S/C4H10O.C3H8O2/c1-3-4-5-2;1-2-3(4)5/h3-4H2,1-2H3;3-5H,2H2,1H3. The molecule has 0 atom stereocenters. The van der Waals surface area contributed by atoms with Crippen LogP contribution in [0.2, 0.25) is 0 Å². The van der Waals surface area contributed by atoms with Crippen LogP contribution in [-0.2, 0) is 4.74 Å². The van der Waals surface area contributed by atoms with Crippen molar-refractivity contribution < 1.29 is 14.9 Å². The van der Waals surface area contributed by atoms with Crippen molar-refractivity contribution in [1.82, 2.24) is 0 Å². The molecule has 0 heterocycles. The molecule has 0 saturated carbocycles. The Hall–Kier alpha value is -0.120. The highest BCUT2D eigenvalue weighted by molar-refractivity contribution is 4.21. The number of aliphatic hydroxyl groups excluding tert-OH is 1. The molecule has 3 heteroatoms. The molecule has 0 amide bonds. The van der Waals surface area contributed by atoms with Crippen molar-refractivity contribution in [2.45, 2.75) is 33.0 Å². The zero-order valence-electron chi connectivity index (χ0n) is 7.00. The molecular formula is C7H18O3. The first-order chi connectivity index (χ1) is 4.68. The van der Waals surface area contributed by atoms with Gasteiger partial charge in [0.15, 0.2) is 6.29 Å². The molecule has 2 N–H and O–H groups in total. The molecule has 0 unspecified atom stereocenters. The van der Waals surface area contributed by atoms with E-state index in [1.165, 1.54) is 0 Å². The average molecular weight is 150 g/mol. The van der Waals surface area contributed by atoms with Crippen LogP contribution in [0.1, 0.15) is 26.7 Å². The van der Waals surface area contributed by atoms with Crippen LogP contribution in [0.5, 0.6) is 0 Å². The van der Waals surface area contributed by atoms with Gasteiger partial charge in [0, 0.05) is 13.7 Å². The number of hydrogen-bond acceptors (Lipinski definition) is 3. The fraction of sp³-hybridized carbons (Fsp3) is 1.00. The van der Waals surface area contributed by atoms with Crippen LogP contribution in [0.4, 0.5) is 0 Å². The third-order valence-electron chi connectivity index (χ3n) is 0.773. The second kappa shape index (κ2) is 11.6. The molecule has 0 aliphatic heterocycles. The van der Waals surface area contributed by atoms with Crippen LogP contribution in [0.3, 0.4) is 0 Å². The van der Waals surface area contributed by atoms with Crippen LogP contribution in [0.25, 0.3) is 0 Å². The normalized spacial score (nSPS) is 9.00. The van der Waals surface area contributed by atoms with Crippen LogP contribution in [0, 0.1) is 0 Å². The van der Waals surface area contributed by atoms with E-state index in [-0.39, 0.29) is 0 Å². The van der Waals surface area contributed by atoms with Gasteiger partial charge in [-0.3, -0.25) is 0 Å². The lowest BCUT2D eigenvalue weighted by molar-refractivity contribution is -0.0413. The number of methoxy groups -OCH3 is 1. The number of aliphatic hydroxyl groups is 2. The predicted molar refractivity (Wildman–Crippen MR) is 40.7 cm³/mol. The maximum atomic E-state index is 7.92. The molecule has 0 aromatic rings. The first-order valence-corrected chi connectivity index (χ1v) is 3.54. The fourth-order valence-corrected chi connectivity index (χ4v) is 0.204. The predicted octanol–water partition coefficient (Wildman–Crippen LogP) is 0.750. The zero-order valence-corrected chi connectivity index (χ0v) is 7.00. The summed E-state index contributed by atoms with van der Waals surface area (Å²) in [5.74, 6) is 0. The lowest BCUT2D eigenvalue weighted by atomic mass is 10.5. The highest BCUT2D eigenvalue weighted by Gasteiger charge is 1.83. The third kappa shape index (κ3) is 24.8. The zero-order chi connectivity index (χ0) is 8.41.